The van der Waals surface area contributed by atoms with Crippen molar-refractivity contribution in [2.24, 2.45) is 5.92 Å². The average Bonchev–Trinajstić information content (AvgIpc) is 3.15. The van der Waals surface area contributed by atoms with Crippen LogP contribution >= 0.6 is 0 Å². The molecule has 2 aliphatic carbocycles. The summed E-state index contributed by atoms with van der Waals surface area (Å²) in [6.45, 7) is 2.16. The third-order valence-corrected chi connectivity index (χ3v) is 5.88. The highest BCUT2D eigenvalue weighted by Crippen LogP contribution is 2.45. The van der Waals surface area contributed by atoms with Crippen LogP contribution in [0.25, 0.3) is 0 Å². The van der Waals surface area contributed by atoms with Crippen LogP contribution in [0.1, 0.15) is 75.4 Å². The lowest BCUT2D eigenvalue weighted by molar-refractivity contribution is 0.182. The minimum absolute atomic E-state index is 0.151. The van der Waals surface area contributed by atoms with Crippen molar-refractivity contribution in [1.82, 2.24) is 15.5 Å². The predicted octanol–water partition coefficient (Wildman–Crippen LogP) is 3.15. The molecular weight excluding hydrogens is 250 g/mol. The number of fused-ring (bicyclic) bond motifs is 1. The Morgan fingerprint density at radius 2 is 1.90 bits per heavy atom. The van der Waals surface area contributed by atoms with Crippen LogP contribution in [0.3, 0.4) is 0 Å². The molecule has 0 spiro atoms. The van der Waals surface area contributed by atoms with Gasteiger partial charge in [-0.15, -0.1) is 0 Å². The fourth-order valence-electron chi connectivity index (χ4n) is 4.63. The first-order chi connectivity index (χ1) is 9.88. The van der Waals surface area contributed by atoms with Crippen molar-refractivity contribution in [1.29, 1.82) is 0 Å². The minimum Gasteiger partial charge on any atom is -0.339 e. The molecule has 2 heterocycles. The third-order valence-electron chi connectivity index (χ3n) is 5.88. The molecule has 1 saturated heterocycles. The van der Waals surface area contributed by atoms with E-state index in [0.29, 0.717) is 11.8 Å². The molecule has 4 rings (SSSR count). The summed E-state index contributed by atoms with van der Waals surface area (Å²) >= 11 is 0. The van der Waals surface area contributed by atoms with Crippen molar-refractivity contribution in [2.75, 3.05) is 13.1 Å². The summed E-state index contributed by atoms with van der Waals surface area (Å²) in [5.41, 5.74) is 0.151. The smallest absolute Gasteiger partial charge is 0.234 e. The Bertz CT molecular complexity index is 466. The molecule has 1 aromatic heterocycles. The molecule has 2 saturated carbocycles. The van der Waals surface area contributed by atoms with Crippen LogP contribution in [-0.2, 0) is 5.41 Å². The van der Waals surface area contributed by atoms with E-state index in [9.17, 15) is 0 Å². The van der Waals surface area contributed by atoms with Crippen molar-refractivity contribution >= 4 is 0 Å². The zero-order chi connectivity index (χ0) is 13.4. The Morgan fingerprint density at radius 3 is 2.80 bits per heavy atom. The van der Waals surface area contributed by atoms with Crippen LogP contribution in [0.4, 0.5) is 0 Å². The van der Waals surface area contributed by atoms with E-state index in [1.165, 1.54) is 57.8 Å². The van der Waals surface area contributed by atoms with Crippen LogP contribution < -0.4 is 5.32 Å². The normalized spacial score (nSPS) is 35.1. The van der Waals surface area contributed by atoms with Crippen LogP contribution in [0.15, 0.2) is 4.52 Å². The molecule has 0 aromatic carbocycles. The fraction of sp³-hybridized carbons (Fsp3) is 0.875. The summed E-state index contributed by atoms with van der Waals surface area (Å²) in [6.07, 6.45) is 11.7. The molecule has 0 unspecified atom stereocenters. The number of nitrogens with one attached hydrogen (secondary N) is 1. The molecule has 2 atom stereocenters. The average molecular weight is 275 g/mol. The molecule has 1 aromatic rings. The molecule has 4 heteroatoms. The molecule has 0 bridgehead atoms. The van der Waals surface area contributed by atoms with Crippen molar-refractivity contribution in [3.63, 3.8) is 0 Å². The molecule has 3 aliphatic rings. The van der Waals surface area contributed by atoms with E-state index in [4.69, 9.17) is 9.51 Å². The second-order valence-corrected chi connectivity index (χ2v) is 7.02. The zero-order valence-electron chi connectivity index (χ0n) is 12.2. The topological polar surface area (TPSA) is 51.0 Å². The molecule has 0 radical (unpaired) electrons. The Balaban J connectivity index is 1.60. The first-order valence-corrected chi connectivity index (χ1v) is 8.43. The van der Waals surface area contributed by atoms with Crippen LogP contribution in [-0.4, -0.2) is 23.2 Å². The van der Waals surface area contributed by atoms with Gasteiger partial charge in [0.1, 0.15) is 0 Å². The second kappa shape index (κ2) is 5.14. The molecule has 1 aliphatic heterocycles. The van der Waals surface area contributed by atoms with E-state index in [2.05, 4.69) is 10.5 Å². The quantitative estimate of drug-likeness (QED) is 0.901. The highest BCUT2D eigenvalue weighted by atomic mass is 16.5. The van der Waals surface area contributed by atoms with Gasteiger partial charge in [-0.3, -0.25) is 0 Å². The van der Waals surface area contributed by atoms with Gasteiger partial charge in [0.25, 0.3) is 0 Å². The summed E-state index contributed by atoms with van der Waals surface area (Å²) in [6, 6.07) is 0. The van der Waals surface area contributed by atoms with E-state index in [1.54, 1.807) is 0 Å². The lowest BCUT2D eigenvalue weighted by Crippen LogP contribution is -2.38. The third kappa shape index (κ3) is 2.00. The summed E-state index contributed by atoms with van der Waals surface area (Å²) in [4.78, 5) is 4.87. The first kappa shape index (κ1) is 12.8. The van der Waals surface area contributed by atoms with Gasteiger partial charge in [0.05, 0.1) is 5.41 Å². The fourth-order valence-corrected chi connectivity index (χ4v) is 4.63. The van der Waals surface area contributed by atoms with E-state index in [-0.39, 0.29) is 5.41 Å². The van der Waals surface area contributed by atoms with Crippen molar-refractivity contribution in [2.45, 2.75) is 69.1 Å². The molecular formula is C16H25N3O. The monoisotopic (exact) mass is 275 g/mol. The minimum atomic E-state index is 0.151. The predicted molar refractivity (Wildman–Crippen MR) is 76.6 cm³/mol. The maximum absolute atomic E-state index is 5.76. The lowest BCUT2D eigenvalue weighted by Gasteiger charge is -2.35. The summed E-state index contributed by atoms with van der Waals surface area (Å²) in [5, 5.41) is 7.92. The Kier molecular flexibility index (Phi) is 3.29. The van der Waals surface area contributed by atoms with Crippen molar-refractivity contribution in [3.05, 3.63) is 11.7 Å². The highest BCUT2D eigenvalue weighted by molar-refractivity contribution is 5.16. The SMILES string of the molecule is C1CCC(c2noc([C@@]34CCCC[C@H]3CNC4)n2)CC1. The molecule has 1 N–H and O–H groups in total. The number of hydrogen-bond donors (Lipinski definition) is 1. The van der Waals surface area contributed by atoms with Gasteiger partial charge in [-0.1, -0.05) is 37.3 Å². The molecule has 20 heavy (non-hydrogen) atoms. The number of hydrogen-bond acceptors (Lipinski definition) is 4. The van der Waals surface area contributed by atoms with Gasteiger partial charge in [0.15, 0.2) is 5.82 Å². The maximum atomic E-state index is 5.76. The number of aromatic nitrogens is 2. The van der Waals surface area contributed by atoms with Gasteiger partial charge in [-0.05, 0) is 38.1 Å². The molecule has 3 fully saturated rings. The number of rotatable bonds is 2. The van der Waals surface area contributed by atoms with E-state index in [1.807, 2.05) is 0 Å². The highest BCUT2D eigenvalue weighted by Gasteiger charge is 2.49. The zero-order valence-corrected chi connectivity index (χ0v) is 12.2. The molecule has 4 nitrogen and oxygen atoms in total. The Hall–Kier alpha value is -0.900. The van der Waals surface area contributed by atoms with E-state index in [0.717, 1.165) is 24.8 Å². The van der Waals surface area contributed by atoms with Gasteiger partial charge in [0.2, 0.25) is 5.89 Å². The standard InChI is InChI=1S/C16H25N3O/c1-2-6-12(7-3-1)14-18-15(20-19-14)16-9-5-4-8-13(16)10-17-11-16/h12-13,17H,1-11H2/t13-,16+/m0/s1. The summed E-state index contributed by atoms with van der Waals surface area (Å²) in [7, 11) is 0. The van der Waals surface area contributed by atoms with Crippen LogP contribution in [0.2, 0.25) is 0 Å². The van der Waals surface area contributed by atoms with Gasteiger partial charge in [-0.25, -0.2) is 0 Å². The van der Waals surface area contributed by atoms with Gasteiger partial charge in [-0.2, -0.15) is 4.98 Å². The van der Waals surface area contributed by atoms with Crippen LogP contribution in [0, 0.1) is 5.92 Å². The van der Waals surface area contributed by atoms with Gasteiger partial charge < -0.3 is 9.84 Å². The molecule has 0 amide bonds. The van der Waals surface area contributed by atoms with Crippen molar-refractivity contribution in [3.8, 4) is 0 Å². The lowest BCUT2D eigenvalue weighted by atomic mass is 9.68. The first-order valence-electron chi connectivity index (χ1n) is 8.43. The van der Waals surface area contributed by atoms with E-state index < -0.39 is 0 Å². The van der Waals surface area contributed by atoms with Gasteiger partial charge >= 0.3 is 0 Å². The maximum Gasteiger partial charge on any atom is 0.234 e. The number of nitrogens with zero attached hydrogens (tertiary/aromatic N) is 2. The summed E-state index contributed by atoms with van der Waals surface area (Å²) < 4.78 is 5.76. The Morgan fingerprint density at radius 1 is 1.05 bits per heavy atom. The van der Waals surface area contributed by atoms with Gasteiger partial charge in [0, 0.05) is 12.5 Å². The van der Waals surface area contributed by atoms with Crippen LogP contribution in [0.5, 0.6) is 0 Å². The Labute approximate surface area is 120 Å². The summed E-state index contributed by atoms with van der Waals surface area (Å²) in [5.74, 6) is 3.18. The molecule has 110 valence electrons. The second-order valence-electron chi connectivity index (χ2n) is 7.02. The van der Waals surface area contributed by atoms with Crippen molar-refractivity contribution < 1.29 is 4.52 Å². The largest absolute Gasteiger partial charge is 0.339 e. The van der Waals surface area contributed by atoms with E-state index >= 15 is 0 Å².